The first kappa shape index (κ1) is 40.2. The van der Waals surface area contributed by atoms with Crippen LogP contribution in [0.15, 0.2) is 0 Å². The molecule has 2 fully saturated rings. The van der Waals surface area contributed by atoms with Crippen LogP contribution < -0.4 is 0 Å². The van der Waals surface area contributed by atoms with Crippen LogP contribution >= 0.6 is 0 Å². The summed E-state index contributed by atoms with van der Waals surface area (Å²) in [6.45, 7) is -2.55. The van der Waals surface area contributed by atoms with Gasteiger partial charge in [0.15, 0.2) is 12.6 Å². The lowest BCUT2D eigenvalue weighted by Gasteiger charge is -2.38. The van der Waals surface area contributed by atoms with E-state index in [1.54, 1.807) is 0 Å². The van der Waals surface area contributed by atoms with Gasteiger partial charge in [-0.15, -0.1) is 0 Å². The van der Waals surface area contributed by atoms with E-state index >= 15 is 0 Å². The van der Waals surface area contributed by atoms with Crippen LogP contribution in [-0.4, -0.2) is 190 Å². The van der Waals surface area contributed by atoms with Gasteiger partial charge in [-0.25, -0.2) is 9.59 Å². The maximum absolute atomic E-state index is 13.0. The number of rotatable bonds is 13. The Morgan fingerprint density at radius 1 is 0.596 bits per heavy atom. The zero-order valence-electron chi connectivity index (χ0n) is 26.0. The van der Waals surface area contributed by atoms with Gasteiger partial charge >= 0.3 is 24.2 Å². The van der Waals surface area contributed by atoms with Crippen LogP contribution in [0.3, 0.4) is 0 Å². The fourth-order valence-corrected chi connectivity index (χ4v) is 3.96. The first-order chi connectivity index (χ1) is 21.8. The van der Waals surface area contributed by atoms with E-state index in [-0.39, 0.29) is 0 Å². The van der Waals surface area contributed by atoms with Gasteiger partial charge in [0.2, 0.25) is 0 Å². The molecule has 2 aliphatic rings. The average Bonchev–Trinajstić information content (AvgIpc) is 3.04. The topological polar surface area (TPSA) is 318 Å². The summed E-state index contributed by atoms with van der Waals surface area (Å²) in [7, 11) is 2.70. The number of hydrogen-bond donors (Lipinski definition) is 9. The van der Waals surface area contributed by atoms with Crippen LogP contribution in [0.25, 0.3) is 0 Å². The number of nitrogens with zero attached hydrogens (tertiary/aromatic N) is 1. The van der Waals surface area contributed by atoms with Gasteiger partial charge in [-0.1, -0.05) is 0 Å². The van der Waals surface area contributed by atoms with Crippen molar-refractivity contribution in [2.24, 2.45) is 10.8 Å². The van der Waals surface area contributed by atoms with Crippen molar-refractivity contribution in [3.63, 3.8) is 0 Å². The number of aliphatic hydroxyl groups is 9. The molecule has 0 aromatic heterocycles. The Kier molecular flexibility index (Phi) is 14.5. The number of ether oxygens (including phenoxy) is 7. The lowest BCUT2D eigenvalue weighted by atomic mass is 9.93. The number of carbonyl (C=O) groups is 4. The van der Waals surface area contributed by atoms with Crippen LogP contribution in [-0.2, 0) is 42.7 Å². The molecule has 272 valence electrons. The zero-order valence-corrected chi connectivity index (χ0v) is 26.0. The molecule has 2 heterocycles. The molecule has 12 atom stereocenters. The van der Waals surface area contributed by atoms with Gasteiger partial charge in [0.25, 0.3) is 0 Å². The van der Waals surface area contributed by atoms with Gasteiger partial charge in [0.05, 0.1) is 6.61 Å². The maximum atomic E-state index is 13.0. The van der Waals surface area contributed by atoms with Gasteiger partial charge < -0.3 is 84.0 Å². The third kappa shape index (κ3) is 10.3. The predicted molar refractivity (Wildman–Crippen MR) is 145 cm³/mol. The summed E-state index contributed by atoms with van der Waals surface area (Å²) in [4.78, 5) is 51.2. The quantitative estimate of drug-likeness (QED) is 0.0643. The Balaban J connectivity index is 1.99. The van der Waals surface area contributed by atoms with E-state index in [1.807, 2.05) is 0 Å². The molecule has 47 heavy (non-hydrogen) atoms. The van der Waals surface area contributed by atoms with Crippen LogP contribution in [0.5, 0.6) is 0 Å². The molecule has 12 unspecified atom stereocenters. The molecular weight excluding hydrogens is 646 g/mol. The lowest BCUT2D eigenvalue weighted by Crippen LogP contribution is -2.59. The third-order valence-electron chi connectivity index (χ3n) is 7.36. The first-order valence-corrected chi connectivity index (χ1v) is 14.1. The molecule has 9 N–H and O–H groups in total. The van der Waals surface area contributed by atoms with Crippen LogP contribution in [0.2, 0.25) is 0 Å². The molecule has 0 spiro atoms. The number of esters is 2. The largest absolute Gasteiger partial charge is 0.508 e. The number of hydrogen-bond acceptors (Lipinski definition) is 20. The lowest BCUT2D eigenvalue weighted by molar-refractivity contribution is -0.288. The molecule has 0 aromatic rings. The summed E-state index contributed by atoms with van der Waals surface area (Å²) in [5.41, 5.74) is -3.84. The van der Waals surface area contributed by atoms with Crippen molar-refractivity contribution in [3.8, 4) is 0 Å². The van der Waals surface area contributed by atoms with Crippen molar-refractivity contribution in [3.05, 3.63) is 0 Å². The zero-order chi connectivity index (χ0) is 35.9. The Morgan fingerprint density at radius 2 is 0.979 bits per heavy atom. The molecule has 0 aliphatic carbocycles. The van der Waals surface area contributed by atoms with Gasteiger partial charge in [0.1, 0.15) is 92.7 Å². The SMILES string of the molecule is CN(C)C(=O)OCC(C)(COC(=O)OCC(C)(CO)C(=O)OCC1OC(O)C(O)C(O)C1O)C(=O)OCC1OC(O)C(O)C(O)C1O. The summed E-state index contributed by atoms with van der Waals surface area (Å²) in [5, 5.41) is 87.9. The molecule has 0 radical (unpaired) electrons. The molecule has 1 amide bonds. The van der Waals surface area contributed by atoms with E-state index in [4.69, 9.17) is 33.2 Å². The second kappa shape index (κ2) is 16.9. The molecule has 0 saturated carbocycles. The van der Waals surface area contributed by atoms with Gasteiger partial charge in [0, 0.05) is 14.1 Å². The summed E-state index contributed by atoms with van der Waals surface area (Å²) in [6.07, 6.45) is -19.9. The molecule has 2 aliphatic heterocycles. The Morgan fingerprint density at radius 3 is 1.38 bits per heavy atom. The van der Waals surface area contributed by atoms with Crippen molar-refractivity contribution in [2.45, 2.75) is 75.3 Å². The average molecular weight is 690 g/mol. The highest BCUT2D eigenvalue weighted by molar-refractivity contribution is 5.78. The summed E-state index contributed by atoms with van der Waals surface area (Å²) < 4.78 is 34.9. The highest BCUT2D eigenvalue weighted by Crippen LogP contribution is 2.26. The van der Waals surface area contributed by atoms with E-state index < -0.39 is 136 Å². The van der Waals surface area contributed by atoms with Crippen LogP contribution in [0.4, 0.5) is 9.59 Å². The Labute approximate surface area is 267 Å². The summed E-state index contributed by atoms with van der Waals surface area (Å²) in [6, 6.07) is 0. The minimum absolute atomic E-state index is 0.718. The van der Waals surface area contributed by atoms with Gasteiger partial charge in [-0.3, -0.25) is 9.59 Å². The molecule has 21 nitrogen and oxygen atoms in total. The second-order valence-electron chi connectivity index (χ2n) is 11.8. The second-order valence-corrected chi connectivity index (χ2v) is 11.8. The molecule has 2 rings (SSSR count). The van der Waals surface area contributed by atoms with Crippen molar-refractivity contribution in [1.29, 1.82) is 0 Å². The molecule has 0 bridgehead atoms. The van der Waals surface area contributed by atoms with Gasteiger partial charge in [-0.05, 0) is 13.8 Å². The van der Waals surface area contributed by atoms with Crippen LogP contribution in [0, 0.1) is 10.8 Å². The Hall–Kier alpha value is -2.96. The fraction of sp³-hybridized carbons (Fsp3) is 0.846. The van der Waals surface area contributed by atoms with Crippen molar-refractivity contribution >= 4 is 24.2 Å². The molecule has 2 saturated heterocycles. The maximum Gasteiger partial charge on any atom is 0.508 e. The number of carbonyl (C=O) groups excluding carboxylic acids is 4. The van der Waals surface area contributed by atoms with E-state index in [0.29, 0.717) is 0 Å². The van der Waals surface area contributed by atoms with Crippen molar-refractivity contribution in [1.82, 2.24) is 4.90 Å². The van der Waals surface area contributed by atoms with Crippen molar-refractivity contribution in [2.75, 3.05) is 53.7 Å². The van der Waals surface area contributed by atoms with E-state index in [2.05, 4.69) is 0 Å². The predicted octanol–water partition coefficient (Wildman–Crippen LogP) is -5.47. The van der Waals surface area contributed by atoms with Crippen LogP contribution in [0.1, 0.15) is 13.8 Å². The summed E-state index contributed by atoms with van der Waals surface area (Å²) >= 11 is 0. The minimum atomic E-state index is -1.93. The minimum Gasteiger partial charge on any atom is -0.462 e. The Bertz CT molecular complexity index is 1080. The van der Waals surface area contributed by atoms with E-state index in [9.17, 15) is 65.1 Å². The molecule has 21 heteroatoms. The smallest absolute Gasteiger partial charge is 0.462 e. The van der Waals surface area contributed by atoms with E-state index in [0.717, 1.165) is 11.8 Å². The highest BCUT2D eigenvalue weighted by atomic mass is 16.7. The molecular formula is C26H43NO20. The number of aliphatic hydroxyl groups excluding tert-OH is 9. The van der Waals surface area contributed by atoms with Gasteiger partial charge in [-0.2, -0.15) is 0 Å². The first-order valence-electron chi connectivity index (χ1n) is 14.1. The van der Waals surface area contributed by atoms with Crippen molar-refractivity contribution < 1.29 is 98.3 Å². The fourth-order valence-electron chi connectivity index (χ4n) is 3.96. The third-order valence-corrected chi connectivity index (χ3v) is 7.36. The molecule has 0 aromatic carbocycles. The highest BCUT2D eigenvalue weighted by Gasteiger charge is 2.46. The monoisotopic (exact) mass is 689 g/mol. The summed E-state index contributed by atoms with van der Waals surface area (Å²) in [5.74, 6) is -2.33. The standard InChI is InChI=1S/C26H43NO20/c1-25(7-28,21(37)41-5-11-13(29)15(31)17(33)19(35)46-11)8-44-24(40)45-10-26(2,9-43-23(39)27(3)4)22(38)42-6-12-14(30)16(32)18(34)20(36)47-12/h11-20,28-36H,5-10H2,1-4H3. The normalized spacial score (nSPS) is 33.4. The van der Waals surface area contributed by atoms with E-state index in [1.165, 1.54) is 21.0 Å². The number of amides is 1.